The largest absolute Gasteiger partial charge is 0.416 e. The second kappa shape index (κ2) is 17.3. The highest BCUT2D eigenvalue weighted by Crippen LogP contribution is 2.34. The van der Waals surface area contributed by atoms with Gasteiger partial charge in [0.05, 0.1) is 47.0 Å². The number of nitrogens with one attached hydrogen (secondary N) is 4. The number of allylic oxidation sites excluding steroid dienone is 1. The van der Waals surface area contributed by atoms with E-state index in [1.54, 1.807) is 29.2 Å². The molecular weight excluding hydrogens is 753 g/mol. The summed E-state index contributed by atoms with van der Waals surface area (Å²) >= 11 is 6.16. The number of fused-ring (bicyclic) bond motifs is 2. The fourth-order valence-corrected chi connectivity index (χ4v) is 7.11. The van der Waals surface area contributed by atoms with Crippen molar-refractivity contribution in [3.63, 3.8) is 0 Å². The molecule has 56 heavy (non-hydrogen) atoms. The monoisotopic (exact) mass is 796 g/mol. The smallest absolute Gasteiger partial charge is 0.376 e. The zero-order valence-electron chi connectivity index (χ0n) is 31.5. The van der Waals surface area contributed by atoms with Gasteiger partial charge in [-0.3, -0.25) is 19.4 Å². The maximum atomic E-state index is 14.8. The number of pyridine rings is 1. The zero-order valence-corrected chi connectivity index (χ0v) is 32.2. The number of aromatic amines is 1. The van der Waals surface area contributed by atoms with Crippen molar-refractivity contribution in [3.8, 4) is 0 Å². The predicted octanol–water partition coefficient (Wildman–Crippen LogP) is 5.23. The van der Waals surface area contributed by atoms with Crippen LogP contribution in [0.3, 0.4) is 0 Å². The average Bonchev–Trinajstić information content (AvgIpc) is 3.69. The first kappa shape index (κ1) is 40.4. The Morgan fingerprint density at radius 3 is 2.52 bits per heavy atom. The lowest BCUT2D eigenvalue weighted by Gasteiger charge is -2.44. The molecule has 5 heterocycles. The van der Waals surface area contributed by atoms with Crippen LogP contribution in [-0.4, -0.2) is 98.9 Å². The standard InChI is InChI=1S/C36H38ClF3N10O4.C2H6/c1-3-26-32(48-11-13-49(14-12-48)34(52)31-30-28(8-10-41-31)42-20-43-30)35(53)50(18-29(51)44-27-7-6-24(17-25(27)37)36(38,39)40)47(2)33(46-45-26)22-4-5-23-19-54-15-9-21(23)16-22;1-2/h4-8,10,16-17,20,33,45-46H,3,9,11-15,18-19H2,1-2H3,(H,42,43)(H,44,51);1-2H3/b32-26+;. The van der Waals surface area contributed by atoms with Crippen LogP contribution in [0.2, 0.25) is 5.02 Å². The van der Waals surface area contributed by atoms with Gasteiger partial charge in [-0.15, -0.1) is 0 Å². The number of ether oxygens (including phenoxy) is 1. The fourth-order valence-electron chi connectivity index (χ4n) is 6.89. The second-order valence-electron chi connectivity index (χ2n) is 13.1. The molecule has 0 aliphatic carbocycles. The van der Waals surface area contributed by atoms with E-state index in [4.69, 9.17) is 16.3 Å². The molecule has 4 N–H and O–H groups in total. The van der Waals surface area contributed by atoms with Gasteiger partial charge in [-0.25, -0.2) is 15.4 Å². The third-order valence-corrected chi connectivity index (χ3v) is 10.1. The molecule has 3 aliphatic rings. The van der Waals surface area contributed by atoms with Gasteiger partial charge in [-0.2, -0.15) is 18.2 Å². The summed E-state index contributed by atoms with van der Waals surface area (Å²) in [6, 6.07) is 10.3. The van der Waals surface area contributed by atoms with Crippen LogP contribution in [-0.2, 0) is 33.5 Å². The Balaban J connectivity index is 0.00000262. The quantitative estimate of drug-likeness (QED) is 0.196. The summed E-state index contributed by atoms with van der Waals surface area (Å²) in [5, 5.41) is 5.20. The van der Waals surface area contributed by atoms with Gasteiger partial charge >= 0.3 is 6.18 Å². The summed E-state index contributed by atoms with van der Waals surface area (Å²) in [7, 11) is 1.67. The van der Waals surface area contributed by atoms with Crippen molar-refractivity contribution in [2.45, 2.75) is 52.6 Å². The van der Waals surface area contributed by atoms with Crippen molar-refractivity contribution in [1.82, 2.24) is 45.6 Å². The highest BCUT2D eigenvalue weighted by molar-refractivity contribution is 6.33. The Morgan fingerprint density at radius 2 is 1.80 bits per heavy atom. The number of carbonyl (C=O) groups is 3. The number of aromatic nitrogens is 3. The maximum absolute atomic E-state index is 14.8. The van der Waals surface area contributed by atoms with E-state index in [1.165, 1.54) is 11.3 Å². The Bertz CT molecular complexity index is 2120. The minimum Gasteiger partial charge on any atom is -0.376 e. The molecule has 14 nitrogen and oxygen atoms in total. The van der Waals surface area contributed by atoms with E-state index in [1.807, 2.05) is 43.9 Å². The first-order chi connectivity index (χ1) is 26.9. The Hall–Kier alpha value is -5.23. The first-order valence-electron chi connectivity index (χ1n) is 18.4. The van der Waals surface area contributed by atoms with Crippen LogP contribution in [0, 0.1) is 0 Å². The number of rotatable bonds is 7. The van der Waals surface area contributed by atoms with E-state index >= 15 is 0 Å². The molecule has 1 fully saturated rings. The van der Waals surface area contributed by atoms with Gasteiger partial charge in [0.1, 0.15) is 23.9 Å². The topological polar surface area (TPSA) is 151 Å². The van der Waals surface area contributed by atoms with E-state index in [2.05, 4.69) is 31.1 Å². The van der Waals surface area contributed by atoms with Crippen molar-refractivity contribution in [1.29, 1.82) is 0 Å². The first-order valence-corrected chi connectivity index (χ1v) is 18.8. The molecule has 4 aromatic rings. The molecule has 1 atom stereocenters. The van der Waals surface area contributed by atoms with Crippen LogP contribution in [0.25, 0.3) is 11.0 Å². The normalized spacial score (nSPS) is 19.4. The van der Waals surface area contributed by atoms with Gasteiger partial charge in [0.25, 0.3) is 11.8 Å². The van der Waals surface area contributed by atoms with Gasteiger partial charge in [0, 0.05) is 39.4 Å². The molecule has 7 rings (SSSR count). The van der Waals surface area contributed by atoms with Gasteiger partial charge in [-0.1, -0.05) is 50.6 Å². The van der Waals surface area contributed by atoms with Crippen molar-refractivity contribution < 1.29 is 32.3 Å². The summed E-state index contributed by atoms with van der Waals surface area (Å²) in [5.74, 6) is -1.45. The van der Waals surface area contributed by atoms with Crippen LogP contribution in [0.1, 0.15) is 66.1 Å². The third-order valence-electron chi connectivity index (χ3n) is 9.80. The number of hydrazine groups is 2. The predicted molar refractivity (Wildman–Crippen MR) is 203 cm³/mol. The lowest BCUT2D eigenvalue weighted by molar-refractivity contribution is -0.155. The van der Waals surface area contributed by atoms with Crippen molar-refractivity contribution >= 4 is 46.0 Å². The molecule has 2 aromatic heterocycles. The summed E-state index contributed by atoms with van der Waals surface area (Å²) < 4.78 is 45.5. The van der Waals surface area contributed by atoms with Crippen LogP contribution >= 0.6 is 11.6 Å². The Morgan fingerprint density at radius 1 is 1.04 bits per heavy atom. The van der Waals surface area contributed by atoms with Gasteiger partial charge in [0.2, 0.25) is 5.91 Å². The Labute approximate surface area is 327 Å². The van der Waals surface area contributed by atoms with Crippen molar-refractivity contribution in [3.05, 3.63) is 99.4 Å². The minimum absolute atomic E-state index is 0.0316. The van der Waals surface area contributed by atoms with Crippen molar-refractivity contribution in [2.75, 3.05) is 51.7 Å². The molecule has 18 heteroatoms. The van der Waals surface area contributed by atoms with Gasteiger partial charge in [0.15, 0.2) is 5.69 Å². The number of nitrogens with zero attached hydrogens (tertiary/aromatic N) is 6. The molecular formula is C38H44ClF3N10O4. The van der Waals surface area contributed by atoms with E-state index in [9.17, 15) is 27.6 Å². The van der Waals surface area contributed by atoms with E-state index in [0.717, 1.165) is 41.3 Å². The number of H-pyrrole nitrogens is 1. The van der Waals surface area contributed by atoms with E-state index in [0.29, 0.717) is 55.2 Å². The number of benzene rings is 2. The molecule has 3 aliphatic heterocycles. The zero-order chi connectivity index (χ0) is 40.1. The molecule has 1 unspecified atom stereocenters. The average molecular weight is 797 g/mol. The van der Waals surface area contributed by atoms with Crippen LogP contribution in [0.15, 0.2) is 66.4 Å². The summed E-state index contributed by atoms with van der Waals surface area (Å²) in [5.41, 5.74) is 10.9. The number of anilines is 1. The molecule has 0 saturated carbocycles. The summed E-state index contributed by atoms with van der Waals surface area (Å²) in [6.45, 7) is 7.66. The molecule has 298 valence electrons. The SMILES string of the molecule is CC.CC/C1=C(\N2CCN(C(=O)c3nccc4[nH]cnc34)CC2)C(=O)N(CC(=O)Nc2ccc(C(F)(F)F)cc2Cl)N(C)C(c2ccc3c(c2)CCOC3)NN1. The highest BCUT2D eigenvalue weighted by atomic mass is 35.5. The van der Waals surface area contributed by atoms with Gasteiger partial charge < -0.3 is 30.3 Å². The highest BCUT2D eigenvalue weighted by Gasteiger charge is 2.38. The van der Waals surface area contributed by atoms with E-state index < -0.39 is 36.3 Å². The number of carbonyl (C=O) groups excluding carboxylic acids is 3. The number of alkyl halides is 3. The summed E-state index contributed by atoms with van der Waals surface area (Å²) in [4.78, 5) is 57.1. The lowest BCUT2D eigenvalue weighted by atomic mass is 9.99. The molecule has 3 amide bonds. The maximum Gasteiger partial charge on any atom is 0.416 e. The van der Waals surface area contributed by atoms with Crippen LogP contribution in [0.5, 0.6) is 0 Å². The fraction of sp³-hybridized carbons (Fsp3) is 0.395. The number of imidazole rings is 1. The van der Waals surface area contributed by atoms with E-state index in [-0.39, 0.29) is 35.4 Å². The third kappa shape index (κ3) is 8.45. The summed E-state index contributed by atoms with van der Waals surface area (Å²) in [6.07, 6.45) is -1.07. The Kier molecular flexibility index (Phi) is 12.5. The lowest BCUT2D eigenvalue weighted by Crippen LogP contribution is -2.59. The number of hydrogen-bond donors (Lipinski definition) is 4. The van der Waals surface area contributed by atoms with Crippen LogP contribution < -0.4 is 16.2 Å². The molecule has 2 aromatic carbocycles. The molecule has 0 spiro atoms. The minimum atomic E-state index is -4.62. The van der Waals surface area contributed by atoms with Crippen LogP contribution in [0.4, 0.5) is 18.9 Å². The van der Waals surface area contributed by atoms with Gasteiger partial charge in [-0.05, 0) is 53.8 Å². The van der Waals surface area contributed by atoms with Crippen molar-refractivity contribution in [2.24, 2.45) is 0 Å². The molecule has 0 radical (unpaired) electrons. The number of hydrogen-bond acceptors (Lipinski definition) is 10. The molecule has 1 saturated heterocycles. The second-order valence-corrected chi connectivity index (χ2v) is 13.5. The number of amides is 3. The number of halogens is 4. The number of piperazine rings is 1. The molecule has 0 bridgehead atoms.